The van der Waals surface area contributed by atoms with Gasteiger partial charge in [0.1, 0.15) is 5.75 Å². The van der Waals surface area contributed by atoms with Gasteiger partial charge in [0.05, 0.1) is 18.9 Å². The molecule has 0 amide bonds. The van der Waals surface area contributed by atoms with E-state index < -0.39 is 5.97 Å². The Labute approximate surface area is 155 Å². The van der Waals surface area contributed by atoms with Gasteiger partial charge in [-0.25, -0.2) is 0 Å². The summed E-state index contributed by atoms with van der Waals surface area (Å²) in [6, 6.07) is 6.59. The van der Waals surface area contributed by atoms with Gasteiger partial charge in [-0.05, 0) is 38.0 Å². The van der Waals surface area contributed by atoms with Crippen molar-refractivity contribution < 1.29 is 19.1 Å². The van der Waals surface area contributed by atoms with Crippen LogP contribution in [0, 0.1) is 0 Å². The van der Waals surface area contributed by atoms with E-state index in [-0.39, 0.29) is 24.9 Å². The molecule has 0 saturated heterocycles. The summed E-state index contributed by atoms with van der Waals surface area (Å²) in [5, 5.41) is 0.494. The second-order valence-electron chi connectivity index (χ2n) is 6.29. The Kier molecular flexibility index (Phi) is 11.0. The molecular formula is C20H29ClO4. The predicted molar refractivity (Wildman–Crippen MR) is 99.9 cm³/mol. The molecule has 0 saturated carbocycles. The summed E-state index contributed by atoms with van der Waals surface area (Å²) in [6.45, 7) is 4.10. The number of hydrogen-bond acceptors (Lipinski definition) is 4. The van der Waals surface area contributed by atoms with Crippen LogP contribution in [0.4, 0.5) is 0 Å². The fraction of sp³-hybridized carbons (Fsp3) is 0.600. The van der Waals surface area contributed by atoms with Gasteiger partial charge in [0.2, 0.25) is 0 Å². The average molecular weight is 369 g/mol. The Morgan fingerprint density at radius 3 is 2.44 bits per heavy atom. The number of halogens is 1. The normalized spacial score (nSPS) is 11.8. The number of carbonyl (C=O) groups is 2. The van der Waals surface area contributed by atoms with Crippen molar-refractivity contribution in [2.75, 3.05) is 0 Å². The second-order valence-corrected chi connectivity index (χ2v) is 6.72. The van der Waals surface area contributed by atoms with Gasteiger partial charge in [-0.3, -0.25) is 9.59 Å². The summed E-state index contributed by atoms with van der Waals surface area (Å²) < 4.78 is 10.5. The average Bonchev–Trinajstić information content (AvgIpc) is 2.56. The predicted octanol–water partition coefficient (Wildman–Crippen LogP) is 5.71. The molecule has 25 heavy (non-hydrogen) atoms. The standard InChI is InChI=1S/C20H29ClO4/c1-3-4-5-6-7-8-10-16(2)24-19(22)13-14-20(23)25-18-12-9-11-17(21)15-18/h9,11-12,15-16H,3-8,10,13-14H2,1-2H3. The molecule has 0 N–H and O–H groups in total. The van der Waals surface area contributed by atoms with E-state index in [4.69, 9.17) is 21.1 Å². The molecule has 5 heteroatoms. The third-order valence-electron chi connectivity index (χ3n) is 3.86. The van der Waals surface area contributed by atoms with E-state index in [1.165, 1.54) is 32.1 Å². The first-order valence-electron chi connectivity index (χ1n) is 9.17. The van der Waals surface area contributed by atoms with Crippen molar-refractivity contribution in [3.8, 4) is 5.75 Å². The first-order chi connectivity index (χ1) is 12.0. The molecule has 0 heterocycles. The van der Waals surface area contributed by atoms with Crippen molar-refractivity contribution in [3.05, 3.63) is 29.3 Å². The van der Waals surface area contributed by atoms with Gasteiger partial charge >= 0.3 is 11.9 Å². The number of unbranched alkanes of at least 4 members (excludes halogenated alkanes) is 5. The van der Waals surface area contributed by atoms with Gasteiger partial charge < -0.3 is 9.47 Å². The molecular weight excluding hydrogens is 340 g/mol. The van der Waals surface area contributed by atoms with Crippen molar-refractivity contribution in [3.63, 3.8) is 0 Å². The highest BCUT2D eigenvalue weighted by Crippen LogP contribution is 2.18. The molecule has 1 aromatic carbocycles. The van der Waals surface area contributed by atoms with Crippen LogP contribution in [-0.4, -0.2) is 18.0 Å². The summed E-state index contributed by atoms with van der Waals surface area (Å²) >= 11 is 5.82. The van der Waals surface area contributed by atoms with E-state index in [1.54, 1.807) is 24.3 Å². The largest absolute Gasteiger partial charge is 0.463 e. The van der Waals surface area contributed by atoms with E-state index >= 15 is 0 Å². The highest BCUT2D eigenvalue weighted by atomic mass is 35.5. The lowest BCUT2D eigenvalue weighted by Crippen LogP contribution is -2.17. The zero-order chi connectivity index (χ0) is 18.5. The zero-order valence-electron chi connectivity index (χ0n) is 15.3. The molecule has 0 radical (unpaired) electrons. The summed E-state index contributed by atoms with van der Waals surface area (Å²) in [5.41, 5.74) is 0. The summed E-state index contributed by atoms with van der Waals surface area (Å²) in [6.07, 6.45) is 8.07. The van der Waals surface area contributed by atoms with Crippen molar-refractivity contribution in [2.24, 2.45) is 0 Å². The third kappa shape index (κ3) is 10.8. The minimum absolute atomic E-state index is 0.00488. The molecule has 0 aliphatic carbocycles. The number of esters is 2. The van der Waals surface area contributed by atoms with E-state index in [0.29, 0.717) is 10.8 Å². The van der Waals surface area contributed by atoms with Gasteiger partial charge in [-0.2, -0.15) is 0 Å². The quantitative estimate of drug-likeness (QED) is 0.269. The second kappa shape index (κ2) is 12.8. The van der Waals surface area contributed by atoms with Crippen LogP contribution >= 0.6 is 11.6 Å². The van der Waals surface area contributed by atoms with Crippen LogP contribution in [-0.2, 0) is 14.3 Å². The van der Waals surface area contributed by atoms with E-state index in [1.807, 2.05) is 6.92 Å². The van der Waals surface area contributed by atoms with Crippen molar-refractivity contribution in [1.82, 2.24) is 0 Å². The Balaban J connectivity index is 2.13. The summed E-state index contributed by atoms with van der Waals surface area (Å²) in [7, 11) is 0. The molecule has 1 atom stereocenters. The molecule has 1 aromatic rings. The number of rotatable bonds is 12. The minimum atomic E-state index is -0.470. The van der Waals surface area contributed by atoms with Gasteiger partial charge in [0.25, 0.3) is 0 Å². The monoisotopic (exact) mass is 368 g/mol. The topological polar surface area (TPSA) is 52.6 Å². The van der Waals surface area contributed by atoms with Crippen molar-refractivity contribution in [1.29, 1.82) is 0 Å². The first kappa shape index (κ1) is 21.5. The number of benzene rings is 1. The molecule has 0 aliphatic heterocycles. The molecule has 140 valence electrons. The van der Waals surface area contributed by atoms with Crippen LogP contribution in [0.3, 0.4) is 0 Å². The summed E-state index contributed by atoms with van der Waals surface area (Å²) in [5.74, 6) is -0.452. The van der Waals surface area contributed by atoms with Gasteiger partial charge in [0, 0.05) is 5.02 Å². The number of hydrogen-bond donors (Lipinski definition) is 0. The Morgan fingerprint density at radius 1 is 1.04 bits per heavy atom. The maximum absolute atomic E-state index is 11.8. The Bertz CT molecular complexity index is 530. The SMILES string of the molecule is CCCCCCCCC(C)OC(=O)CCC(=O)Oc1cccc(Cl)c1. The lowest BCUT2D eigenvalue weighted by molar-refractivity contribution is -0.151. The van der Waals surface area contributed by atoms with Crippen LogP contribution < -0.4 is 4.74 Å². The van der Waals surface area contributed by atoms with Gasteiger partial charge in [-0.1, -0.05) is 56.7 Å². The van der Waals surface area contributed by atoms with Crippen LogP contribution in [0.25, 0.3) is 0 Å². The van der Waals surface area contributed by atoms with E-state index in [9.17, 15) is 9.59 Å². The minimum Gasteiger partial charge on any atom is -0.463 e. The maximum Gasteiger partial charge on any atom is 0.311 e. The van der Waals surface area contributed by atoms with Crippen LogP contribution in [0.2, 0.25) is 5.02 Å². The van der Waals surface area contributed by atoms with Gasteiger partial charge in [0.15, 0.2) is 0 Å². The molecule has 0 bridgehead atoms. The van der Waals surface area contributed by atoms with Crippen LogP contribution in [0.15, 0.2) is 24.3 Å². The van der Waals surface area contributed by atoms with Crippen LogP contribution in [0.1, 0.15) is 71.6 Å². The molecule has 0 spiro atoms. The first-order valence-corrected chi connectivity index (χ1v) is 9.54. The molecule has 0 aromatic heterocycles. The number of carbonyl (C=O) groups excluding carboxylic acids is 2. The lowest BCUT2D eigenvalue weighted by Gasteiger charge is -2.13. The van der Waals surface area contributed by atoms with Crippen LogP contribution in [0.5, 0.6) is 5.75 Å². The fourth-order valence-corrected chi connectivity index (χ4v) is 2.65. The number of ether oxygens (including phenoxy) is 2. The molecule has 1 rings (SSSR count). The smallest absolute Gasteiger partial charge is 0.311 e. The van der Waals surface area contributed by atoms with E-state index in [2.05, 4.69) is 6.92 Å². The van der Waals surface area contributed by atoms with Crippen molar-refractivity contribution in [2.45, 2.75) is 77.7 Å². The van der Waals surface area contributed by atoms with E-state index in [0.717, 1.165) is 12.8 Å². The third-order valence-corrected chi connectivity index (χ3v) is 4.09. The zero-order valence-corrected chi connectivity index (χ0v) is 16.0. The Hall–Kier alpha value is -1.55. The molecule has 0 fully saturated rings. The Morgan fingerprint density at radius 2 is 1.72 bits per heavy atom. The summed E-state index contributed by atoms with van der Waals surface area (Å²) in [4.78, 5) is 23.5. The molecule has 1 unspecified atom stereocenters. The fourth-order valence-electron chi connectivity index (χ4n) is 2.47. The lowest BCUT2D eigenvalue weighted by atomic mass is 10.1. The molecule has 4 nitrogen and oxygen atoms in total. The maximum atomic E-state index is 11.8. The van der Waals surface area contributed by atoms with Crippen molar-refractivity contribution >= 4 is 23.5 Å². The highest BCUT2D eigenvalue weighted by molar-refractivity contribution is 6.30. The van der Waals surface area contributed by atoms with Gasteiger partial charge in [-0.15, -0.1) is 0 Å². The highest BCUT2D eigenvalue weighted by Gasteiger charge is 2.13. The molecule has 0 aliphatic rings.